The topological polar surface area (TPSA) is 46.2 Å². The highest BCUT2D eigenvalue weighted by Crippen LogP contribution is 2.33. The van der Waals surface area contributed by atoms with E-state index in [2.05, 4.69) is 0 Å². The molecule has 1 atom stereocenters. The number of hydrogen-bond acceptors (Lipinski definition) is 2. The third-order valence-corrected chi connectivity index (χ3v) is 4.55. The molecule has 21 heavy (non-hydrogen) atoms. The Labute approximate surface area is 133 Å². The number of rotatable bonds is 5. The molecule has 0 aliphatic carbocycles. The summed E-state index contributed by atoms with van der Waals surface area (Å²) in [7, 11) is 0. The predicted octanol–water partition coefficient (Wildman–Crippen LogP) is 3.56. The molecule has 0 aromatic heterocycles. The molecule has 2 aromatic rings. The van der Waals surface area contributed by atoms with Crippen molar-refractivity contribution in [1.82, 2.24) is 0 Å². The van der Waals surface area contributed by atoms with Gasteiger partial charge in [0.2, 0.25) is 0 Å². The van der Waals surface area contributed by atoms with Crippen LogP contribution in [0.3, 0.4) is 0 Å². The highest BCUT2D eigenvalue weighted by molar-refractivity contribution is 6.42. The summed E-state index contributed by atoms with van der Waals surface area (Å²) < 4.78 is 13.5. The fraction of sp³-hybridized carbons (Fsp3) is 0.250. The fourth-order valence-corrected chi connectivity index (χ4v) is 2.76. The van der Waals surface area contributed by atoms with Gasteiger partial charge in [0.25, 0.3) is 0 Å². The van der Waals surface area contributed by atoms with Crippen molar-refractivity contribution in [3.63, 3.8) is 0 Å². The second-order valence-corrected chi connectivity index (χ2v) is 5.83. The number of benzene rings is 2. The molecule has 5 heteroatoms. The minimum atomic E-state index is -0.795. The monoisotopic (exact) mass is 327 g/mol. The number of aliphatic hydroxyl groups is 1. The van der Waals surface area contributed by atoms with Crippen LogP contribution in [0.2, 0.25) is 10.0 Å². The molecule has 0 spiro atoms. The smallest absolute Gasteiger partial charge is 0.123 e. The maximum absolute atomic E-state index is 13.5. The SMILES string of the molecule is NCC(CO)(Cc1cccc(Cl)c1Cl)c1cccc(F)c1. The van der Waals surface area contributed by atoms with Crippen molar-refractivity contribution in [2.24, 2.45) is 5.73 Å². The van der Waals surface area contributed by atoms with Crippen LogP contribution >= 0.6 is 23.2 Å². The lowest BCUT2D eigenvalue weighted by molar-refractivity contribution is 0.196. The van der Waals surface area contributed by atoms with Gasteiger partial charge < -0.3 is 10.8 Å². The third-order valence-electron chi connectivity index (χ3n) is 3.69. The minimum Gasteiger partial charge on any atom is -0.395 e. The molecule has 0 amide bonds. The Bertz CT molecular complexity index is 629. The molecule has 0 radical (unpaired) electrons. The van der Waals surface area contributed by atoms with E-state index in [0.29, 0.717) is 22.0 Å². The Morgan fingerprint density at radius 1 is 1.14 bits per heavy atom. The third kappa shape index (κ3) is 3.38. The van der Waals surface area contributed by atoms with Crippen LogP contribution < -0.4 is 5.73 Å². The molecule has 0 heterocycles. The highest BCUT2D eigenvalue weighted by Gasteiger charge is 2.31. The normalized spacial score (nSPS) is 14.0. The number of aliphatic hydroxyl groups excluding tert-OH is 1. The molecule has 0 aliphatic heterocycles. The Hall–Kier alpha value is -1.13. The molecular formula is C16H16Cl2FNO. The van der Waals surface area contributed by atoms with Gasteiger partial charge in [-0.3, -0.25) is 0 Å². The summed E-state index contributed by atoms with van der Waals surface area (Å²) in [4.78, 5) is 0. The van der Waals surface area contributed by atoms with E-state index in [9.17, 15) is 9.50 Å². The maximum atomic E-state index is 13.5. The molecular weight excluding hydrogens is 312 g/mol. The van der Waals surface area contributed by atoms with Gasteiger partial charge in [-0.2, -0.15) is 0 Å². The lowest BCUT2D eigenvalue weighted by atomic mass is 9.76. The van der Waals surface area contributed by atoms with Crippen molar-refractivity contribution in [2.75, 3.05) is 13.2 Å². The van der Waals surface area contributed by atoms with Crippen LogP contribution in [0.25, 0.3) is 0 Å². The summed E-state index contributed by atoms with van der Waals surface area (Å²) >= 11 is 12.2. The van der Waals surface area contributed by atoms with E-state index in [1.165, 1.54) is 12.1 Å². The first-order chi connectivity index (χ1) is 10.0. The van der Waals surface area contributed by atoms with Crippen LogP contribution in [0.5, 0.6) is 0 Å². The van der Waals surface area contributed by atoms with Gasteiger partial charge in [0.05, 0.1) is 16.7 Å². The summed E-state index contributed by atoms with van der Waals surface area (Å²) in [5.41, 5.74) is 6.50. The Kier molecular flexibility index (Phi) is 5.22. The van der Waals surface area contributed by atoms with Crippen LogP contribution in [0, 0.1) is 5.82 Å². The number of nitrogens with two attached hydrogens (primary N) is 1. The van der Waals surface area contributed by atoms with Gasteiger partial charge >= 0.3 is 0 Å². The van der Waals surface area contributed by atoms with Crippen molar-refractivity contribution < 1.29 is 9.50 Å². The zero-order chi connectivity index (χ0) is 15.5. The molecule has 2 nitrogen and oxygen atoms in total. The Balaban J connectivity index is 2.45. The average Bonchev–Trinajstić information content (AvgIpc) is 2.49. The van der Waals surface area contributed by atoms with Crippen molar-refractivity contribution in [3.8, 4) is 0 Å². The van der Waals surface area contributed by atoms with Gasteiger partial charge in [0.1, 0.15) is 5.82 Å². The molecule has 2 rings (SSSR count). The molecule has 0 saturated heterocycles. The first kappa shape index (κ1) is 16.2. The van der Waals surface area contributed by atoms with Crippen LogP contribution in [-0.4, -0.2) is 18.3 Å². The van der Waals surface area contributed by atoms with Gasteiger partial charge in [-0.1, -0.05) is 47.5 Å². The highest BCUT2D eigenvalue weighted by atomic mass is 35.5. The van der Waals surface area contributed by atoms with Crippen molar-refractivity contribution in [3.05, 3.63) is 69.5 Å². The van der Waals surface area contributed by atoms with Gasteiger partial charge in [-0.05, 0) is 35.7 Å². The van der Waals surface area contributed by atoms with Crippen LogP contribution in [0.15, 0.2) is 42.5 Å². The maximum Gasteiger partial charge on any atom is 0.123 e. The summed E-state index contributed by atoms with van der Waals surface area (Å²) in [6, 6.07) is 11.4. The lowest BCUT2D eigenvalue weighted by Crippen LogP contribution is -2.41. The van der Waals surface area contributed by atoms with Gasteiger partial charge in [0, 0.05) is 12.0 Å². The summed E-state index contributed by atoms with van der Waals surface area (Å²) in [6.45, 7) is -0.0500. The average molecular weight is 328 g/mol. The first-order valence-electron chi connectivity index (χ1n) is 6.52. The van der Waals surface area contributed by atoms with E-state index in [0.717, 1.165) is 5.56 Å². The van der Waals surface area contributed by atoms with E-state index in [1.54, 1.807) is 24.3 Å². The minimum absolute atomic E-state index is 0.162. The zero-order valence-corrected chi connectivity index (χ0v) is 12.8. The van der Waals surface area contributed by atoms with Crippen LogP contribution in [0.4, 0.5) is 4.39 Å². The van der Waals surface area contributed by atoms with Crippen molar-refractivity contribution >= 4 is 23.2 Å². The van der Waals surface area contributed by atoms with E-state index >= 15 is 0 Å². The zero-order valence-electron chi connectivity index (χ0n) is 11.3. The largest absolute Gasteiger partial charge is 0.395 e. The van der Waals surface area contributed by atoms with Crippen LogP contribution in [0.1, 0.15) is 11.1 Å². The summed E-state index contributed by atoms with van der Waals surface area (Å²) in [6.07, 6.45) is 0.378. The van der Waals surface area contributed by atoms with Crippen LogP contribution in [-0.2, 0) is 11.8 Å². The molecule has 0 aliphatic rings. The van der Waals surface area contributed by atoms with Gasteiger partial charge in [-0.15, -0.1) is 0 Å². The fourth-order valence-electron chi connectivity index (χ4n) is 2.37. The van der Waals surface area contributed by atoms with Crippen molar-refractivity contribution in [2.45, 2.75) is 11.8 Å². The van der Waals surface area contributed by atoms with Gasteiger partial charge in [-0.25, -0.2) is 4.39 Å². The lowest BCUT2D eigenvalue weighted by Gasteiger charge is -2.31. The second kappa shape index (κ2) is 6.75. The molecule has 0 bridgehead atoms. The number of hydrogen-bond donors (Lipinski definition) is 2. The molecule has 0 fully saturated rings. The molecule has 1 unspecified atom stereocenters. The Morgan fingerprint density at radius 3 is 2.48 bits per heavy atom. The standard InChI is InChI=1S/C16H16Cl2FNO/c17-14-6-1-3-11(15(14)18)8-16(9-20,10-21)12-4-2-5-13(19)7-12/h1-7,21H,8-10,20H2. The molecule has 112 valence electrons. The number of halogens is 3. The summed E-state index contributed by atoms with van der Waals surface area (Å²) in [5, 5.41) is 10.7. The van der Waals surface area contributed by atoms with E-state index < -0.39 is 5.41 Å². The quantitative estimate of drug-likeness (QED) is 0.881. The van der Waals surface area contributed by atoms with E-state index in [1.807, 2.05) is 6.07 Å². The van der Waals surface area contributed by atoms with E-state index in [-0.39, 0.29) is 19.0 Å². The summed E-state index contributed by atoms with van der Waals surface area (Å²) in [5.74, 6) is -0.365. The molecule has 3 N–H and O–H groups in total. The predicted molar refractivity (Wildman–Crippen MR) is 84.4 cm³/mol. The Morgan fingerprint density at radius 2 is 1.86 bits per heavy atom. The second-order valence-electron chi connectivity index (χ2n) is 5.04. The van der Waals surface area contributed by atoms with Crippen molar-refractivity contribution in [1.29, 1.82) is 0 Å². The molecule has 0 saturated carbocycles. The first-order valence-corrected chi connectivity index (χ1v) is 7.28. The van der Waals surface area contributed by atoms with Gasteiger partial charge in [0.15, 0.2) is 0 Å². The van der Waals surface area contributed by atoms with E-state index in [4.69, 9.17) is 28.9 Å². The molecule has 2 aromatic carbocycles.